The van der Waals surface area contributed by atoms with Gasteiger partial charge in [-0.1, -0.05) is 33.6 Å². The van der Waals surface area contributed by atoms with Gasteiger partial charge in [0, 0.05) is 35.7 Å². The zero-order chi connectivity index (χ0) is 14.5. The van der Waals surface area contributed by atoms with E-state index in [0.717, 1.165) is 29.2 Å². The van der Waals surface area contributed by atoms with E-state index in [0.29, 0.717) is 12.5 Å². The van der Waals surface area contributed by atoms with Crippen LogP contribution in [0.15, 0.2) is 22.7 Å². The fourth-order valence-corrected chi connectivity index (χ4v) is 3.94. The molecule has 2 N–H and O–H groups in total. The number of methoxy groups -OCH3 is 1. The molecule has 5 heteroatoms. The van der Waals surface area contributed by atoms with Crippen LogP contribution in [0.1, 0.15) is 24.4 Å². The van der Waals surface area contributed by atoms with Crippen LogP contribution < -0.4 is 5.73 Å². The van der Waals surface area contributed by atoms with Crippen molar-refractivity contribution in [1.82, 2.24) is 4.90 Å². The normalized spacial score (nSPS) is 21.9. The van der Waals surface area contributed by atoms with E-state index in [1.165, 1.54) is 18.4 Å². The maximum atomic E-state index is 6.04. The molecule has 112 valence electrons. The van der Waals surface area contributed by atoms with E-state index < -0.39 is 0 Å². The molecular weight excluding hydrogens is 340 g/mol. The summed E-state index contributed by atoms with van der Waals surface area (Å²) in [5.41, 5.74) is 7.25. The first-order valence-electron chi connectivity index (χ1n) is 7.03. The van der Waals surface area contributed by atoms with E-state index in [2.05, 4.69) is 26.9 Å². The van der Waals surface area contributed by atoms with Crippen LogP contribution in [0.5, 0.6) is 0 Å². The number of nitrogens with zero attached hydrogens (tertiary/aromatic N) is 1. The SMILES string of the molecule is COCC1CCCN(C(CN)c2ccc(Cl)cc2Br)C1. The maximum Gasteiger partial charge on any atom is 0.0502 e. The third-order valence-corrected chi connectivity index (χ3v) is 4.86. The highest BCUT2D eigenvalue weighted by atomic mass is 79.9. The number of nitrogens with two attached hydrogens (primary N) is 1. The molecule has 1 saturated heterocycles. The Hall–Kier alpha value is -0.130. The van der Waals surface area contributed by atoms with E-state index in [4.69, 9.17) is 22.1 Å². The summed E-state index contributed by atoms with van der Waals surface area (Å²) in [4.78, 5) is 2.47. The lowest BCUT2D eigenvalue weighted by Gasteiger charge is -2.38. The molecule has 1 heterocycles. The van der Waals surface area contributed by atoms with Crippen molar-refractivity contribution in [2.45, 2.75) is 18.9 Å². The lowest BCUT2D eigenvalue weighted by molar-refractivity contribution is 0.0695. The summed E-state index contributed by atoms with van der Waals surface area (Å²) in [6.45, 7) is 3.58. The van der Waals surface area contributed by atoms with Crippen molar-refractivity contribution in [3.05, 3.63) is 33.3 Å². The van der Waals surface area contributed by atoms with E-state index in [1.54, 1.807) is 7.11 Å². The quantitative estimate of drug-likeness (QED) is 0.873. The average molecular weight is 362 g/mol. The van der Waals surface area contributed by atoms with Crippen molar-refractivity contribution < 1.29 is 4.74 Å². The molecule has 0 spiro atoms. The minimum Gasteiger partial charge on any atom is -0.384 e. The van der Waals surface area contributed by atoms with Gasteiger partial charge in [-0.05, 0) is 43.0 Å². The monoisotopic (exact) mass is 360 g/mol. The molecule has 20 heavy (non-hydrogen) atoms. The summed E-state index contributed by atoms with van der Waals surface area (Å²) in [7, 11) is 1.77. The first-order valence-corrected chi connectivity index (χ1v) is 8.20. The molecule has 2 atom stereocenters. The van der Waals surface area contributed by atoms with Crippen LogP contribution in [-0.4, -0.2) is 38.3 Å². The van der Waals surface area contributed by atoms with Crippen molar-refractivity contribution in [1.29, 1.82) is 0 Å². The van der Waals surface area contributed by atoms with Gasteiger partial charge in [-0.3, -0.25) is 4.90 Å². The third kappa shape index (κ3) is 3.95. The summed E-state index contributed by atoms with van der Waals surface area (Å²) < 4.78 is 6.34. The second-order valence-electron chi connectivity index (χ2n) is 5.38. The number of likely N-dealkylation sites (tertiary alicyclic amines) is 1. The Bertz CT molecular complexity index is 442. The highest BCUT2D eigenvalue weighted by Crippen LogP contribution is 2.32. The van der Waals surface area contributed by atoms with Gasteiger partial charge in [-0.15, -0.1) is 0 Å². The molecule has 0 bridgehead atoms. The second kappa shape index (κ2) is 7.76. The zero-order valence-electron chi connectivity index (χ0n) is 11.8. The van der Waals surface area contributed by atoms with Gasteiger partial charge in [-0.25, -0.2) is 0 Å². The van der Waals surface area contributed by atoms with E-state index in [-0.39, 0.29) is 6.04 Å². The molecule has 1 aliphatic rings. The van der Waals surface area contributed by atoms with Crippen molar-refractivity contribution in [2.24, 2.45) is 11.7 Å². The van der Waals surface area contributed by atoms with Gasteiger partial charge >= 0.3 is 0 Å². The Morgan fingerprint density at radius 2 is 2.35 bits per heavy atom. The fraction of sp³-hybridized carbons (Fsp3) is 0.600. The van der Waals surface area contributed by atoms with Crippen molar-refractivity contribution in [3.8, 4) is 0 Å². The van der Waals surface area contributed by atoms with Gasteiger partial charge < -0.3 is 10.5 Å². The van der Waals surface area contributed by atoms with Crippen LogP contribution in [0.2, 0.25) is 5.02 Å². The number of halogens is 2. The largest absolute Gasteiger partial charge is 0.384 e. The van der Waals surface area contributed by atoms with Crippen molar-refractivity contribution >= 4 is 27.5 Å². The molecule has 2 unspecified atom stereocenters. The number of hydrogen-bond donors (Lipinski definition) is 1. The van der Waals surface area contributed by atoms with Crippen LogP contribution in [0.4, 0.5) is 0 Å². The second-order valence-corrected chi connectivity index (χ2v) is 6.67. The number of benzene rings is 1. The summed E-state index contributed by atoms with van der Waals surface area (Å²) >= 11 is 9.63. The highest BCUT2D eigenvalue weighted by Gasteiger charge is 2.27. The standard InChI is InChI=1S/C15H22BrClN2O/c1-20-10-11-3-2-6-19(9-11)15(8-18)13-5-4-12(17)7-14(13)16/h4-5,7,11,15H,2-3,6,8-10,18H2,1H3. The third-order valence-electron chi connectivity index (χ3n) is 3.94. The van der Waals surface area contributed by atoms with Crippen LogP contribution >= 0.6 is 27.5 Å². The number of piperidine rings is 1. The summed E-state index contributed by atoms with van der Waals surface area (Å²) in [6.07, 6.45) is 2.44. The molecule has 2 rings (SSSR count). The lowest BCUT2D eigenvalue weighted by Crippen LogP contribution is -2.42. The first-order chi connectivity index (χ1) is 9.65. The molecule has 1 fully saturated rings. The summed E-state index contributed by atoms with van der Waals surface area (Å²) in [5, 5.41) is 0.743. The average Bonchev–Trinajstić information content (AvgIpc) is 2.43. The van der Waals surface area contributed by atoms with Crippen LogP contribution in [0.25, 0.3) is 0 Å². The van der Waals surface area contributed by atoms with Crippen LogP contribution in [0, 0.1) is 5.92 Å². The van der Waals surface area contributed by atoms with Gasteiger partial charge in [0.15, 0.2) is 0 Å². The fourth-order valence-electron chi connectivity index (χ4n) is 3.00. The Morgan fingerprint density at radius 3 is 3.00 bits per heavy atom. The topological polar surface area (TPSA) is 38.5 Å². The van der Waals surface area contributed by atoms with E-state index in [1.807, 2.05) is 12.1 Å². The van der Waals surface area contributed by atoms with Crippen molar-refractivity contribution in [2.75, 3.05) is 33.4 Å². The molecule has 0 aromatic heterocycles. The van der Waals surface area contributed by atoms with Gasteiger partial charge in [0.1, 0.15) is 0 Å². The molecule has 0 radical (unpaired) electrons. The van der Waals surface area contributed by atoms with Gasteiger partial charge in [0.05, 0.1) is 6.61 Å². The zero-order valence-corrected chi connectivity index (χ0v) is 14.2. The Labute approximate surface area is 134 Å². The number of ether oxygens (including phenoxy) is 1. The molecular formula is C15H22BrClN2O. The molecule has 0 saturated carbocycles. The molecule has 1 aromatic carbocycles. The molecule has 0 aliphatic carbocycles. The lowest BCUT2D eigenvalue weighted by atomic mass is 9.95. The van der Waals surface area contributed by atoms with Gasteiger partial charge in [0.25, 0.3) is 0 Å². The predicted molar refractivity (Wildman–Crippen MR) is 87.1 cm³/mol. The van der Waals surface area contributed by atoms with E-state index >= 15 is 0 Å². The molecule has 0 amide bonds. The Kier molecular flexibility index (Phi) is 6.30. The number of rotatable bonds is 5. The highest BCUT2D eigenvalue weighted by molar-refractivity contribution is 9.10. The van der Waals surface area contributed by atoms with E-state index in [9.17, 15) is 0 Å². The maximum absolute atomic E-state index is 6.04. The molecule has 1 aliphatic heterocycles. The first kappa shape index (κ1) is 16.2. The smallest absolute Gasteiger partial charge is 0.0502 e. The van der Waals surface area contributed by atoms with Crippen LogP contribution in [0.3, 0.4) is 0 Å². The number of hydrogen-bond acceptors (Lipinski definition) is 3. The molecule has 3 nitrogen and oxygen atoms in total. The van der Waals surface area contributed by atoms with Crippen molar-refractivity contribution in [3.63, 3.8) is 0 Å². The Morgan fingerprint density at radius 1 is 1.55 bits per heavy atom. The van der Waals surface area contributed by atoms with Gasteiger partial charge in [-0.2, -0.15) is 0 Å². The summed E-state index contributed by atoms with van der Waals surface area (Å²) in [6, 6.07) is 6.18. The van der Waals surface area contributed by atoms with Crippen LogP contribution in [-0.2, 0) is 4.74 Å². The van der Waals surface area contributed by atoms with Gasteiger partial charge in [0.2, 0.25) is 0 Å². The molecule has 1 aromatic rings. The Balaban J connectivity index is 2.14. The minimum atomic E-state index is 0.237. The minimum absolute atomic E-state index is 0.237. The predicted octanol–water partition coefficient (Wildman–Crippen LogP) is 3.46. The summed E-state index contributed by atoms with van der Waals surface area (Å²) in [5.74, 6) is 0.605.